The summed E-state index contributed by atoms with van der Waals surface area (Å²) in [5.74, 6) is -5.92. The van der Waals surface area contributed by atoms with Gasteiger partial charge in [-0.25, -0.2) is 0 Å². The molecule has 4 rings (SSSR count). The molecule has 1 aromatic heterocycles. The number of nitrogens with one attached hydrogen (secondary N) is 6. The standard InChI is InChI=1S/C46H58N8O13S3/c1-54(38(42(47)59)23-28-9-5-4-6-10-28)46(63)37(26-41(57)58)53-44(61)35(19-22-69-3)52-45(62)36(25-30-27-49-33-12-8-7-11-32(30)33)51-39(55)17-20-48-43(60)34(18-21-68-2)50-40(56)24-29-13-15-31(16-14-29)67-70(64,65)66/h4-16,27,34-38,49H,17-26H2,1-3H3,(H2,47,59)(H,48,60)(H,50,56)(H,51,55)(H,52,62)(H,53,61)(H,57,58)(H,64,65,66). The second-order valence-corrected chi connectivity index (χ2v) is 19.0. The number of fused-ring (bicyclic) bond motifs is 1. The minimum atomic E-state index is -4.74. The van der Waals surface area contributed by atoms with Crippen LogP contribution in [0.1, 0.15) is 42.4 Å². The normalized spacial score (nSPS) is 13.4. The molecule has 0 saturated heterocycles. The molecule has 0 aliphatic carbocycles. The number of para-hydroxylation sites is 1. The van der Waals surface area contributed by atoms with Crippen molar-refractivity contribution in [1.82, 2.24) is 36.5 Å². The van der Waals surface area contributed by atoms with Crippen LogP contribution in [0.4, 0.5) is 0 Å². The molecule has 0 radical (unpaired) electrons. The maximum atomic E-state index is 14.2. The van der Waals surface area contributed by atoms with E-state index < -0.39 is 94.3 Å². The number of benzene rings is 3. The summed E-state index contributed by atoms with van der Waals surface area (Å²) in [5.41, 5.74) is 8.22. The molecular weight excluding hydrogens is 969 g/mol. The molecule has 5 unspecified atom stereocenters. The zero-order valence-corrected chi connectivity index (χ0v) is 41.1. The molecule has 0 aliphatic rings. The molecule has 0 fully saturated rings. The summed E-state index contributed by atoms with van der Waals surface area (Å²) in [7, 11) is -3.46. The number of carboxylic acid groups (broad SMARTS) is 1. The highest BCUT2D eigenvalue weighted by atomic mass is 32.3. The minimum Gasteiger partial charge on any atom is -0.481 e. The van der Waals surface area contributed by atoms with E-state index >= 15 is 0 Å². The second-order valence-electron chi connectivity index (χ2n) is 16.0. The van der Waals surface area contributed by atoms with Crippen LogP contribution in [0.2, 0.25) is 0 Å². The smallest absolute Gasteiger partial charge is 0.446 e. The zero-order chi connectivity index (χ0) is 51.4. The van der Waals surface area contributed by atoms with Crippen molar-refractivity contribution in [3.05, 3.63) is 102 Å². The number of aromatic nitrogens is 1. The topological polar surface area (TPSA) is 326 Å². The number of H-pyrrole nitrogens is 1. The molecule has 10 N–H and O–H groups in total. The summed E-state index contributed by atoms with van der Waals surface area (Å²) >= 11 is 2.80. The van der Waals surface area contributed by atoms with Gasteiger partial charge in [-0.2, -0.15) is 31.9 Å². The number of nitrogens with zero attached hydrogens (tertiary/aromatic N) is 1. The highest BCUT2D eigenvalue weighted by Gasteiger charge is 2.35. The monoisotopic (exact) mass is 1030 g/mol. The molecule has 4 aromatic rings. The van der Waals surface area contributed by atoms with Crippen molar-refractivity contribution in [3.8, 4) is 5.75 Å². The fraction of sp³-hybridized carbons (Fsp3) is 0.391. The van der Waals surface area contributed by atoms with Gasteiger partial charge < -0.3 is 51.5 Å². The molecule has 1 heterocycles. The summed E-state index contributed by atoms with van der Waals surface area (Å²) in [4.78, 5) is 111. The van der Waals surface area contributed by atoms with Gasteiger partial charge >= 0.3 is 16.4 Å². The van der Waals surface area contributed by atoms with Crippen molar-refractivity contribution >= 4 is 92.1 Å². The number of amides is 7. The average molecular weight is 1030 g/mol. The number of hydrogen-bond acceptors (Lipinski definition) is 13. The van der Waals surface area contributed by atoms with Gasteiger partial charge in [-0.3, -0.25) is 42.9 Å². The Kier molecular flexibility index (Phi) is 22.0. The number of primary amides is 1. The Morgan fingerprint density at radius 1 is 0.729 bits per heavy atom. The van der Waals surface area contributed by atoms with E-state index in [1.165, 1.54) is 54.8 Å². The molecule has 70 heavy (non-hydrogen) atoms. The van der Waals surface area contributed by atoms with Gasteiger partial charge in [0.15, 0.2) is 0 Å². The number of carbonyl (C=O) groups is 8. The third kappa shape index (κ3) is 18.4. The van der Waals surface area contributed by atoms with E-state index in [4.69, 9.17) is 10.3 Å². The molecule has 5 atom stereocenters. The molecule has 21 nitrogen and oxygen atoms in total. The lowest BCUT2D eigenvalue weighted by atomic mass is 10.0. The van der Waals surface area contributed by atoms with Crippen LogP contribution in [0.15, 0.2) is 85.1 Å². The van der Waals surface area contributed by atoms with Crippen molar-refractivity contribution in [3.63, 3.8) is 0 Å². The number of aromatic amines is 1. The van der Waals surface area contributed by atoms with Crippen LogP contribution in [0, 0.1) is 0 Å². The predicted octanol–water partition coefficient (Wildman–Crippen LogP) is 1.12. The van der Waals surface area contributed by atoms with Crippen LogP contribution < -0.4 is 36.5 Å². The number of aliphatic carboxylic acids is 1. The van der Waals surface area contributed by atoms with E-state index in [2.05, 4.69) is 35.8 Å². The Morgan fingerprint density at radius 3 is 1.93 bits per heavy atom. The number of carboxylic acids is 1. The molecule has 0 spiro atoms. The summed E-state index contributed by atoms with van der Waals surface area (Å²) < 4.78 is 35.3. The van der Waals surface area contributed by atoms with E-state index in [9.17, 15) is 51.9 Å². The molecule has 7 amide bonds. The lowest BCUT2D eigenvalue weighted by Gasteiger charge is -2.30. The molecule has 0 saturated carbocycles. The highest BCUT2D eigenvalue weighted by Crippen LogP contribution is 2.20. The minimum absolute atomic E-state index is 0.0209. The van der Waals surface area contributed by atoms with Crippen molar-refractivity contribution < 1.29 is 60.6 Å². The van der Waals surface area contributed by atoms with Gasteiger partial charge in [-0.15, -0.1) is 0 Å². The SMILES string of the molecule is CSCCC(NC(=O)Cc1ccc(OS(=O)(=O)O)cc1)C(=O)NCCC(=O)NC(Cc1c[nH]c2ccccc12)C(=O)NC(CCSC)C(=O)NC(CC(=O)O)C(=O)N(C)C(Cc1ccccc1)C(N)=O. The van der Waals surface area contributed by atoms with Gasteiger partial charge in [-0.05, 0) is 71.7 Å². The van der Waals surface area contributed by atoms with Gasteiger partial charge in [0.05, 0.1) is 12.8 Å². The number of rotatable bonds is 29. The highest BCUT2D eigenvalue weighted by molar-refractivity contribution is 7.98. The number of nitrogens with two attached hydrogens (primary N) is 1. The van der Waals surface area contributed by atoms with Crippen LogP contribution in [0.25, 0.3) is 10.9 Å². The molecule has 0 bridgehead atoms. The largest absolute Gasteiger partial charge is 0.481 e. The maximum absolute atomic E-state index is 14.2. The number of thioether (sulfide) groups is 2. The maximum Gasteiger partial charge on any atom is 0.446 e. The Morgan fingerprint density at radius 2 is 1.31 bits per heavy atom. The summed E-state index contributed by atoms with van der Waals surface area (Å²) in [6, 6.07) is 14.9. The molecule has 24 heteroatoms. The van der Waals surface area contributed by atoms with Gasteiger partial charge in [-0.1, -0.05) is 60.7 Å². The molecule has 378 valence electrons. The van der Waals surface area contributed by atoms with Gasteiger partial charge in [0, 0.05) is 50.0 Å². The first kappa shape index (κ1) is 56.0. The average Bonchev–Trinajstić information content (AvgIpc) is 3.72. The van der Waals surface area contributed by atoms with Crippen molar-refractivity contribution in [2.24, 2.45) is 5.73 Å². The Labute approximate surface area is 413 Å². The third-order valence-electron chi connectivity index (χ3n) is 10.8. The first-order valence-corrected chi connectivity index (χ1v) is 26.0. The third-order valence-corrected chi connectivity index (χ3v) is 12.5. The zero-order valence-electron chi connectivity index (χ0n) is 38.7. The van der Waals surface area contributed by atoms with Crippen molar-refractivity contribution in [2.45, 2.75) is 75.2 Å². The van der Waals surface area contributed by atoms with E-state index in [1.54, 1.807) is 48.9 Å². The summed E-state index contributed by atoms with van der Waals surface area (Å²) in [6.45, 7) is -0.193. The van der Waals surface area contributed by atoms with E-state index in [0.29, 0.717) is 28.2 Å². The van der Waals surface area contributed by atoms with Crippen LogP contribution in [-0.4, -0.2) is 143 Å². The molecule has 0 aliphatic heterocycles. The first-order chi connectivity index (χ1) is 33.3. The summed E-state index contributed by atoms with van der Waals surface area (Å²) in [6.07, 6.45) is 4.19. The van der Waals surface area contributed by atoms with Gasteiger partial charge in [0.25, 0.3) is 0 Å². The number of carbonyl (C=O) groups excluding carboxylic acids is 7. The fourth-order valence-corrected chi connectivity index (χ4v) is 8.52. The second kappa shape index (κ2) is 27.5. The van der Waals surface area contributed by atoms with Gasteiger partial charge in [0.1, 0.15) is 36.0 Å². The molecule has 3 aromatic carbocycles. The molecular formula is C46H58N8O13S3. The lowest BCUT2D eigenvalue weighted by Crippen LogP contribution is -2.59. The Bertz CT molecular complexity index is 2560. The number of likely N-dealkylation sites (N-methyl/N-ethyl adjacent to an activating group) is 1. The van der Waals surface area contributed by atoms with Crippen LogP contribution in [-0.2, 0) is 68.0 Å². The van der Waals surface area contributed by atoms with Crippen LogP contribution >= 0.6 is 23.5 Å². The fourth-order valence-electron chi connectivity index (χ4n) is 7.23. The van der Waals surface area contributed by atoms with E-state index in [-0.39, 0.29) is 50.8 Å². The first-order valence-electron chi connectivity index (χ1n) is 21.9. The van der Waals surface area contributed by atoms with Crippen molar-refractivity contribution in [1.29, 1.82) is 0 Å². The van der Waals surface area contributed by atoms with Crippen LogP contribution in [0.5, 0.6) is 5.75 Å². The number of hydrogen-bond donors (Lipinski definition) is 9. The van der Waals surface area contributed by atoms with Crippen molar-refractivity contribution in [2.75, 3.05) is 37.6 Å². The van der Waals surface area contributed by atoms with E-state index in [1.807, 2.05) is 24.5 Å². The van der Waals surface area contributed by atoms with E-state index in [0.717, 1.165) is 15.8 Å². The predicted molar refractivity (Wildman–Crippen MR) is 264 cm³/mol. The lowest BCUT2D eigenvalue weighted by molar-refractivity contribution is -0.145. The van der Waals surface area contributed by atoms with Gasteiger partial charge in [0.2, 0.25) is 41.4 Å². The van der Waals surface area contributed by atoms with Crippen LogP contribution in [0.3, 0.4) is 0 Å². The Hall–Kier alpha value is -6.63. The quantitative estimate of drug-likeness (QED) is 0.0344. The Balaban J connectivity index is 1.46. The summed E-state index contributed by atoms with van der Waals surface area (Å²) in [5, 5.41) is 23.7.